The van der Waals surface area contributed by atoms with Gasteiger partial charge in [-0.3, -0.25) is 0 Å². The number of aryl methyl sites for hydroxylation is 2. The molecule has 0 aromatic heterocycles. The molecule has 0 atom stereocenters. The molecule has 0 saturated heterocycles. The van der Waals surface area contributed by atoms with Gasteiger partial charge in [-0.25, -0.2) is 0 Å². The van der Waals surface area contributed by atoms with Crippen LogP contribution >= 0.6 is 0 Å². The van der Waals surface area contributed by atoms with Crippen molar-refractivity contribution in [1.29, 1.82) is 0 Å². The number of nitrogens with zero attached hydrogens (tertiary/aromatic N) is 2. The highest BCUT2D eigenvalue weighted by atomic mass is 16.5. The Morgan fingerprint density at radius 3 is 0.755 bits per heavy atom. The highest BCUT2D eigenvalue weighted by molar-refractivity contribution is 5.51. The number of rotatable bonds is 36. The van der Waals surface area contributed by atoms with Crippen molar-refractivity contribution in [2.75, 3.05) is 69.0 Å². The maximum absolute atomic E-state index is 5.65. The first-order valence-electron chi connectivity index (χ1n) is 39.5. The maximum atomic E-state index is 5.65. The summed E-state index contributed by atoms with van der Waals surface area (Å²) in [4.78, 5) is 4.00. The number of ether oxygens (including phenoxy) is 4. The molecule has 0 aliphatic heterocycles. The Balaban J connectivity index is 0. The minimum absolute atomic E-state index is 0.451. The predicted molar refractivity (Wildman–Crippen MR) is 479 cm³/mol. The van der Waals surface area contributed by atoms with Crippen LogP contribution in [0.25, 0.3) is 0 Å². The van der Waals surface area contributed by atoms with E-state index in [4.69, 9.17) is 83.2 Å². The molecule has 0 fully saturated rings. The van der Waals surface area contributed by atoms with Crippen LogP contribution in [0.4, 0.5) is 11.4 Å². The molecule has 588 valence electrons. The topological polar surface area (TPSA) is 43.4 Å². The summed E-state index contributed by atoms with van der Waals surface area (Å²) in [6, 6.07) is 50.1. The molecule has 0 aliphatic carbocycles. The highest BCUT2D eigenvalue weighted by Gasteiger charge is 2.07. The van der Waals surface area contributed by atoms with Crippen molar-refractivity contribution >= 4 is 11.4 Å². The van der Waals surface area contributed by atoms with Gasteiger partial charge in [-0.2, -0.15) is 0 Å². The fraction of sp³-hybridized carbons (Fsp3) is 0.462. The van der Waals surface area contributed by atoms with Gasteiger partial charge in [-0.15, -0.1) is 82.0 Å². The van der Waals surface area contributed by atoms with E-state index < -0.39 is 0 Å². The van der Waals surface area contributed by atoms with Crippen LogP contribution in [0.1, 0.15) is 211 Å². The first-order valence-corrected chi connectivity index (χ1v) is 39.5. The smallest absolute Gasteiger partial charge is 0.107 e. The summed E-state index contributed by atoms with van der Waals surface area (Å²) in [5.74, 6) is 31.6. The zero-order valence-corrected chi connectivity index (χ0v) is 70.7. The molecule has 6 heteroatoms. The zero-order chi connectivity index (χ0) is 82.5. The second-order valence-electron chi connectivity index (χ2n) is 30.3. The predicted octanol–water partition coefficient (Wildman–Crippen LogP) is 23.0. The molecule has 0 spiro atoms. The summed E-state index contributed by atoms with van der Waals surface area (Å²) < 4.78 is 21.9. The summed E-state index contributed by atoms with van der Waals surface area (Å²) in [7, 11) is 0. The molecular formula is C104H138N2O4. The van der Waals surface area contributed by atoms with Crippen LogP contribution in [0.5, 0.6) is 0 Å². The van der Waals surface area contributed by atoms with E-state index in [9.17, 15) is 0 Å². The molecule has 0 N–H and O–H groups in total. The van der Waals surface area contributed by atoms with Crippen LogP contribution in [-0.4, -0.2) is 59.2 Å². The average Bonchev–Trinajstić information content (AvgIpc) is 0.880. The van der Waals surface area contributed by atoms with E-state index in [1.165, 1.54) is 44.5 Å². The minimum atomic E-state index is 0.451. The van der Waals surface area contributed by atoms with Gasteiger partial charge >= 0.3 is 0 Å². The molecule has 0 bridgehead atoms. The van der Waals surface area contributed by atoms with Gasteiger partial charge in [0.05, 0.1) is 46.0 Å². The van der Waals surface area contributed by atoms with Gasteiger partial charge in [0.15, 0.2) is 0 Å². The van der Waals surface area contributed by atoms with Crippen LogP contribution in [0.15, 0.2) is 146 Å². The summed E-state index contributed by atoms with van der Waals surface area (Å²) in [5.41, 5.74) is 14.4. The largest absolute Gasteiger partial charge is 0.377 e. The molecule has 0 unspecified atom stereocenters. The number of benzene rings is 6. The van der Waals surface area contributed by atoms with Crippen molar-refractivity contribution in [3.63, 3.8) is 0 Å². The van der Waals surface area contributed by atoms with E-state index in [0.29, 0.717) is 94.0 Å². The molecule has 6 aromatic carbocycles. The second kappa shape index (κ2) is 68.6. The van der Waals surface area contributed by atoms with Crippen molar-refractivity contribution in [3.05, 3.63) is 201 Å². The van der Waals surface area contributed by atoms with E-state index in [0.717, 1.165) is 132 Å². The highest BCUT2D eigenvalue weighted by Crippen LogP contribution is 2.19. The van der Waals surface area contributed by atoms with Crippen molar-refractivity contribution in [1.82, 2.24) is 0 Å². The van der Waals surface area contributed by atoms with E-state index in [1.807, 2.05) is 58.3 Å². The summed E-state index contributed by atoms with van der Waals surface area (Å²) >= 11 is 0. The van der Waals surface area contributed by atoms with Gasteiger partial charge in [0.25, 0.3) is 0 Å². The Labute approximate surface area is 675 Å². The fourth-order valence-corrected chi connectivity index (χ4v) is 9.70. The number of anilines is 2. The number of hydrogen-bond acceptors (Lipinski definition) is 6. The molecule has 6 rings (SSSR count). The summed E-state index contributed by atoms with van der Waals surface area (Å²) in [6.45, 7) is 43.0. The third-order valence-corrected chi connectivity index (χ3v) is 15.9. The monoisotopic (exact) mass is 1480 g/mol. The Morgan fingerprint density at radius 2 is 0.518 bits per heavy atom. The van der Waals surface area contributed by atoms with E-state index in [1.54, 1.807) is 0 Å². The van der Waals surface area contributed by atoms with E-state index in [2.05, 4.69) is 267 Å². The third-order valence-electron chi connectivity index (χ3n) is 15.9. The minimum Gasteiger partial charge on any atom is -0.377 e. The van der Waals surface area contributed by atoms with Gasteiger partial charge in [0, 0.05) is 68.2 Å². The SMILES string of the molecule is C#CCC(C)C.C#CCCc1ccc(CC(C)C)cc1.C#CCCc1ccc(COCCC(C)C)cc1.C#CCN(CC#C)c1ccc(CC(C)C)cc1.C#CCN(CC#C)c1ccc(COCCC(C)C)cc1.C#CCOCCC(C)C.C#Cc1ccc(CC(C)C)cc1.C#Cc1ccc(COCCC(C)C)cc1. The van der Waals surface area contributed by atoms with Crippen LogP contribution in [0.3, 0.4) is 0 Å². The normalized spacial score (nSPS) is 9.95. The van der Waals surface area contributed by atoms with Gasteiger partial charge < -0.3 is 28.7 Å². The van der Waals surface area contributed by atoms with Gasteiger partial charge in [-0.05, 0) is 198 Å². The summed E-state index contributed by atoms with van der Waals surface area (Å²) in [6.07, 6.45) is 64.6. The first-order chi connectivity index (χ1) is 52.8. The van der Waals surface area contributed by atoms with Crippen LogP contribution in [-0.2, 0) is 70.9 Å². The van der Waals surface area contributed by atoms with E-state index >= 15 is 0 Å². The van der Waals surface area contributed by atoms with Crippen molar-refractivity contribution < 1.29 is 18.9 Å². The van der Waals surface area contributed by atoms with Crippen molar-refractivity contribution in [3.8, 4) is 123 Å². The van der Waals surface area contributed by atoms with E-state index in [-0.39, 0.29) is 0 Å². The van der Waals surface area contributed by atoms with Gasteiger partial charge in [0.1, 0.15) is 6.61 Å². The maximum Gasteiger partial charge on any atom is 0.107 e. The van der Waals surface area contributed by atoms with Crippen LogP contribution < -0.4 is 9.80 Å². The van der Waals surface area contributed by atoms with Crippen LogP contribution in [0, 0.1) is 171 Å². The Kier molecular flexibility index (Phi) is 63.9. The van der Waals surface area contributed by atoms with Crippen molar-refractivity contribution in [2.45, 2.75) is 208 Å². The lowest BCUT2D eigenvalue weighted by Crippen LogP contribution is -2.23. The molecule has 0 aliphatic rings. The molecule has 6 aromatic rings. The van der Waals surface area contributed by atoms with Crippen molar-refractivity contribution in [2.24, 2.45) is 47.3 Å². The second-order valence-corrected chi connectivity index (χ2v) is 30.3. The van der Waals surface area contributed by atoms with Crippen LogP contribution in [0.2, 0.25) is 0 Å². The number of hydrogen-bond donors (Lipinski definition) is 0. The standard InChI is InChI=1S/C18H23NO.C16H19N.C16H22O.C14H18O.C14H18.C12H14.C8H14O.C6H10/c1-5-12-19(13-6-2)18-9-7-17(8-10-18)15-20-14-11-16(3)4;1-5-11-17(12-6-2)16-9-7-15(8-10-16)13-14(3)4;1-4-5-6-15-7-9-16(10-8-15)13-17-12-11-14(2)3;1-4-13-5-7-14(8-6-13)11-15-10-9-12(2)3;1-4-5-6-13-7-9-14(10-8-13)11-12(2)3;1-4-11-5-7-12(8-6-11)9-10(2)3;1-4-6-9-7-5-8(2)3;1-4-5-6(2)3/h1-2,7-10,16H,11-15H2,3-4H3;1-2,7-10,14H,11-13H2,3-4H3;1,7-10,14H,5-6,11-13H2,2-3H3;1,5-8,12H,9-11H2,2-3H3;1,7-10,12H,5-6,11H2,2-3H3;1,5-8,10H,9H2,2-3H3;1,8H,5-7H2,2-3H3;1,6H,5H2,2-3H3. The van der Waals surface area contributed by atoms with Gasteiger partial charge in [0.2, 0.25) is 0 Å². The first kappa shape index (κ1) is 102. The Bertz CT molecular complexity index is 3650. The Hall–Kier alpha value is -9.64. The molecule has 0 heterocycles. The molecular weight excluding hydrogens is 1340 g/mol. The Morgan fingerprint density at radius 1 is 0.264 bits per heavy atom. The molecule has 0 saturated carbocycles. The molecule has 110 heavy (non-hydrogen) atoms. The fourth-order valence-electron chi connectivity index (χ4n) is 9.70. The third kappa shape index (κ3) is 60.3. The number of terminal acetylenes is 10. The average molecular weight is 1480 g/mol. The lowest BCUT2D eigenvalue weighted by Gasteiger charge is -2.20. The molecule has 6 nitrogen and oxygen atoms in total. The lowest BCUT2D eigenvalue weighted by molar-refractivity contribution is 0.110. The van der Waals surface area contributed by atoms with Gasteiger partial charge in [-0.1, -0.05) is 249 Å². The molecule has 0 amide bonds. The lowest BCUT2D eigenvalue weighted by atomic mass is 10.0. The summed E-state index contributed by atoms with van der Waals surface area (Å²) in [5, 5.41) is 0. The zero-order valence-electron chi connectivity index (χ0n) is 70.7. The molecule has 0 radical (unpaired) electrons. The quantitative estimate of drug-likeness (QED) is 0.0288.